The lowest BCUT2D eigenvalue weighted by Crippen LogP contribution is -2.34. The summed E-state index contributed by atoms with van der Waals surface area (Å²) in [6.07, 6.45) is 0. The van der Waals surface area contributed by atoms with Gasteiger partial charge in [-0.05, 0) is 18.2 Å². The van der Waals surface area contributed by atoms with Gasteiger partial charge >= 0.3 is 0 Å². The summed E-state index contributed by atoms with van der Waals surface area (Å²) in [4.78, 5) is 46.5. The van der Waals surface area contributed by atoms with Gasteiger partial charge in [0.15, 0.2) is 0 Å². The summed E-state index contributed by atoms with van der Waals surface area (Å²) >= 11 is 5.72. The molecular formula is C17H10ClN4O6-. The smallest absolute Gasteiger partial charge is 0.294 e. The topological polar surface area (TPSA) is 147 Å². The predicted molar refractivity (Wildman–Crippen MR) is 97.1 cm³/mol. The Morgan fingerprint density at radius 2 is 1.86 bits per heavy atom. The molecule has 142 valence electrons. The summed E-state index contributed by atoms with van der Waals surface area (Å²) in [5.41, 5.74) is -1.76. The predicted octanol–water partition coefficient (Wildman–Crippen LogP) is 0.960. The molecule has 1 heterocycles. The number of nitrogens with one attached hydrogen (secondary N) is 1. The molecule has 1 amide bonds. The van der Waals surface area contributed by atoms with E-state index < -0.39 is 40.3 Å². The highest BCUT2D eigenvalue weighted by Gasteiger charge is 2.18. The molecule has 1 N–H and O–H groups in total. The number of nitro groups is 1. The molecule has 2 aromatic carbocycles. The van der Waals surface area contributed by atoms with Gasteiger partial charge in [0.2, 0.25) is 5.91 Å². The highest BCUT2D eigenvalue weighted by molar-refractivity contribution is 6.31. The third-order valence-corrected chi connectivity index (χ3v) is 4.02. The van der Waals surface area contributed by atoms with Crippen LogP contribution in [0.5, 0.6) is 0 Å². The van der Waals surface area contributed by atoms with E-state index in [1.807, 2.05) is 0 Å². The Balaban J connectivity index is 1.97. The number of carboxylic acid groups (broad SMARTS) is 1. The molecule has 0 fully saturated rings. The number of hydrogen-bond acceptors (Lipinski definition) is 7. The zero-order valence-corrected chi connectivity index (χ0v) is 14.7. The first kappa shape index (κ1) is 19.0. The molecule has 3 aromatic rings. The minimum Gasteiger partial charge on any atom is -0.543 e. The number of aromatic carboxylic acids is 1. The van der Waals surface area contributed by atoms with Crippen molar-refractivity contribution in [2.45, 2.75) is 6.54 Å². The van der Waals surface area contributed by atoms with E-state index >= 15 is 0 Å². The van der Waals surface area contributed by atoms with Crippen LogP contribution >= 0.6 is 11.6 Å². The lowest BCUT2D eigenvalue weighted by molar-refractivity contribution is -0.383. The molecule has 0 aliphatic carbocycles. The molecule has 0 saturated heterocycles. The number of nitrogens with zero attached hydrogens (tertiary/aromatic N) is 3. The average Bonchev–Trinajstić information content (AvgIpc) is 2.65. The van der Waals surface area contributed by atoms with Gasteiger partial charge in [-0.3, -0.25) is 19.7 Å². The first-order valence-corrected chi connectivity index (χ1v) is 8.10. The molecule has 0 unspecified atom stereocenters. The maximum atomic E-state index is 12.5. The monoisotopic (exact) mass is 401 g/mol. The second-order valence-electron chi connectivity index (χ2n) is 5.61. The number of fused-ring (bicyclic) bond motifs is 1. The second-order valence-corrected chi connectivity index (χ2v) is 6.05. The summed E-state index contributed by atoms with van der Waals surface area (Å²) < 4.78 is 0.657. The molecule has 0 saturated carbocycles. The first-order valence-electron chi connectivity index (χ1n) is 7.73. The number of rotatable bonds is 5. The van der Waals surface area contributed by atoms with E-state index in [9.17, 15) is 29.6 Å². The van der Waals surface area contributed by atoms with Crippen LogP contribution in [0.3, 0.4) is 0 Å². The van der Waals surface area contributed by atoms with Crippen LogP contribution in [0.1, 0.15) is 10.5 Å². The number of carbonyl (C=O) groups excluding carboxylic acids is 2. The molecule has 10 nitrogen and oxygen atoms in total. The van der Waals surface area contributed by atoms with Crippen LogP contribution in [0.2, 0.25) is 5.02 Å². The van der Waals surface area contributed by atoms with E-state index in [2.05, 4.69) is 10.4 Å². The van der Waals surface area contributed by atoms with Gasteiger partial charge < -0.3 is 15.2 Å². The van der Waals surface area contributed by atoms with Crippen molar-refractivity contribution in [3.05, 3.63) is 73.6 Å². The molecule has 0 bridgehead atoms. The number of halogens is 1. The van der Waals surface area contributed by atoms with Gasteiger partial charge in [-0.25, -0.2) is 4.68 Å². The number of aromatic nitrogens is 2. The minimum absolute atomic E-state index is 0.0435. The van der Waals surface area contributed by atoms with E-state index in [1.165, 1.54) is 36.4 Å². The molecule has 1 aromatic heterocycles. The number of hydrogen-bond donors (Lipinski definition) is 1. The summed E-state index contributed by atoms with van der Waals surface area (Å²) in [5.74, 6) is -2.43. The fourth-order valence-electron chi connectivity index (χ4n) is 2.58. The van der Waals surface area contributed by atoms with E-state index in [4.69, 9.17) is 11.6 Å². The Morgan fingerprint density at radius 3 is 2.50 bits per heavy atom. The van der Waals surface area contributed by atoms with Crippen LogP contribution in [0.4, 0.5) is 11.4 Å². The number of anilines is 1. The van der Waals surface area contributed by atoms with Crippen molar-refractivity contribution in [3.8, 4) is 0 Å². The van der Waals surface area contributed by atoms with Gasteiger partial charge in [-0.1, -0.05) is 29.8 Å². The van der Waals surface area contributed by atoms with Gasteiger partial charge in [0, 0.05) is 16.5 Å². The van der Waals surface area contributed by atoms with Crippen molar-refractivity contribution >= 4 is 45.6 Å². The van der Waals surface area contributed by atoms with Crippen molar-refractivity contribution in [3.63, 3.8) is 0 Å². The third-order valence-electron chi connectivity index (χ3n) is 3.79. The molecule has 3 rings (SSSR count). The lowest BCUT2D eigenvalue weighted by Gasteiger charge is -2.12. The minimum atomic E-state index is -1.61. The van der Waals surface area contributed by atoms with E-state index in [0.717, 1.165) is 6.07 Å². The van der Waals surface area contributed by atoms with Crippen molar-refractivity contribution in [2.75, 3.05) is 5.32 Å². The normalized spacial score (nSPS) is 10.6. The molecule has 11 heteroatoms. The maximum absolute atomic E-state index is 12.5. The SMILES string of the molecule is O=C(Cn1nc(C(=O)[O-])c2ccccc2c1=O)Nc1ccc(Cl)cc1[N+](=O)[O-]. The molecule has 0 atom stereocenters. The van der Waals surface area contributed by atoms with Gasteiger partial charge in [-0.2, -0.15) is 5.10 Å². The zero-order valence-electron chi connectivity index (χ0n) is 13.9. The maximum Gasteiger partial charge on any atom is 0.294 e. The van der Waals surface area contributed by atoms with Crippen molar-refractivity contribution in [1.82, 2.24) is 9.78 Å². The molecule has 0 aliphatic rings. The highest BCUT2D eigenvalue weighted by atomic mass is 35.5. The summed E-state index contributed by atoms with van der Waals surface area (Å²) in [6, 6.07) is 9.50. The highest BCUT2D eigenvalue weighted by Crippen LogP contribution is 2.27. The number of carboxylic acids is 1. The third kappa shape index (κ3) is 3.67. The van der Waals surface area contributed by atoms with Crippen LogP contribution in [0.25, 0.3) is 10.8 Å². The van der Waals surface area contributed by atoms with Crippen LogP contribution in [-0.4, -0.2) is 26.6 Å². The van der Waals surface area contributed by atoms with E-state index in [1.54, 1.807) is 0 Å². The van der Waals surface area contributed by atoms with Crippen LogP contribution in [-0.2, 0) is 11.3 Å². The molecule has 0 aliphatic heterocycles. The van der Waals surface area contributed by atoms with E-state index in [-0.39, 0.29) is 21.5 Å². The van der Waals surface area contributed by atoms with Crippen LogP contribution in [0.15, 0.2) is 47.3 Å². The number of carbonyl (C=O) groups is 2. The van der Waals surface area contributed by atoms with Crippen molar-refractivity contribution in [1.29, 1.82) is 0 Å². The van der Waals surface area contributed by atoms with Gasteiger partial charge in [-0.15, -0.1) is 0 Å². The van der Waals surface area contributed by atoms with E-state index in [0.29, 0.717) is 4.68 Å². The molecular weight excluding hydrogens is 392 g/mol. The number of nitro benzene ring substituents is 1. The zero-order chi connectivity index (χ0) is 20.4. The number of benzene rings is 2. The Bertz CT molecular complexity index is 1190. The molecule has 0 radical (unpaired) electrons. The number of amides is 1. The largest absolute Gasteiger partial charge is 0.543 e. The fraction of sp³-hybridized carbons (Fsp3) is 0.0588. The average molecular weight is 402 g/mol. The molecule has 0 spiro atoms. The Morgan fingerprint density at radius 1 is 1.18 bits per heavy atom. The summed E-state index contributed by atoms with van der Waals surface area (Å²) in [7, 11) is 0. The standard InChI is InChI=1S/C17H11ClN4O6/c18-9-5-6-12(13(7-9)22(27)28)19-14(23)8-21-16(24)11-4-2-1-3-10(11)15(20-21)17(25)26/h1-7H,8H2,(H,19,23)(H,25,26)/p-1. The molecule has 28 heavy (non-hydrogen) atoms. The van der Waals surface area contributed by atoms with Crippen molar-refractivity contribution in [2.24, 2.45) is 0 Å². The Hall–Kier alpha value is -3.79. The van der Waals surface area contributed by atoms with Gasteiger partial charge in [0.05, 0.1) is 16.3 Å². The fourth-order valence-corrected chi connectivity index (χ4v) is 2.75. The first-order chi connectivity index (χ1) is 13.3. The Labute approximate surface area is 161 Å². The van der Waals surface area contributed by atoms with Crippen LogP contribution < -0.4 is 16.0 Å². The summed E-state index contributed by atoms with van der Waals surface area (Å²) in [5, 5.41) is 28.6. The quantitative estimate of drug-likeness (QED) is 0.494. The van der Waals surface area contributed by atoms with Gasteiger partial charge in [0.25, 0.3) is 11.2 Å². The summed E-state index contributed by atoms with van der Waals surface area (Å²) in [6.45, 7) is -0.663. The van der Waals surface area contributed by atoms with Gasteiger partial charge in [0.1, 0.15) is 17.9 Å². The second kappa shape index (κ2) is 7.45. The van der Waals surface area contributed by atoms with Crippen molar-refractivity contribution < 1.29 is 19.6 Å². The lowest BCUT2D eigenvalue weighted by atomic mass is 10.1. The Kier molecular flexibility index (Phi) is 5.05. The van der Waals surface area contributed by atoms with Crippen LogP contribution in [0, 0.1) is 10.1 Å².